The molecule has 0 N–H and O–H groups in total. The van der Waals surface area contributed by atoms with Gasteiger partial charge in [0.15, 0.2) is 5.78 Å². The summed E-state index contributed by atoms with van der Waals surface area (Å²) < 4.78 is 5.03. The van der Waals surface area contributed by atoms with Gasteiger partial charge in [-0.1, -0.05) is 12.1 Å². The highest BCUT2D eigenvalue weighted by Crippen LogP contribution is 2.14. The van der Waals surface area contributed by atoms with E-state index in [1.54, 1.807) is 13.2 Å². The van der Waals surface area contributed by atoms with E-state index < -0.39 is 0 Å². The van der Waals surface area contributed by atoms with E-state index in [0.29, 0.717) is 5.57 Å². The molecule has 0 atom stereocenters. The Kier molecular flexibility index (Phi) is 4.37. The number of alkyl halides is 1. The van der Waals surface area contributed by atoms with Crippen LogP contribution in [0.25, 0.3) is 6.08 Å². The number of rotatable bonds is 4. The van der Waals surface area contributed by atoms with Crippen molar-refractivity contribution >= 4 is 23.5 Å². The first-order valence-electron chi connectivity index (χ1n) is 4.59. The predicted molar refractivity (Wildman–Crippen MR) is 62.4 cm³/mol. The van der Waals surface area contributed by atoms with Gasteiger partial charge in [-0.05, 0) is 30.7 Å². The second-order valence-electron chi connectivity index (χ2n) is 3.13. The van der Waals surface area contributed by atoms with E-state index in [-0.39, 0.29) is 11.7 Å². The van der Waals surface area contributed by atoms with Crippen molar-refractivity contribution in [2.45, 2.75) is 6.92 Å². The molecule has 0 heterocycles. The molecule has 2 nitrogen and oxygen atoms in total. The number of methoxy groups -OCH3 is 1. The molecule has 80 valence electrons. The van der Waals surface area contributed by atoms with Crippen LogP contribution in [0.5, 0.6) is 5.75 Å². The summed E-state index contributed by atoms with van der Waals surface area (Å²) in [6.45, 7) is 1.51. The van der Waals surface area contributed by atoms with Gasteiger partial charge in [-0.3, -0.25) is 4.79 Å². The van der Waals surface area contributed by atoms with Crippen molar-refractivity contribution in [2.75, 3.05) is 13.0 Å². The number of carbonyl (C=O) groups excluding carboxylic acids is 1. The zero-order chi connectivity index (χ0) is 11.3. The SMILES string of the molecule is COc1ccc(/C=C(\CCl)C(C)=O)cc1. The van der Waals surface area contributed by atoms with Crippen LogP contribution in [-0.2, 0) is 4.79 Å². The minimum Gasteiger partial charge on any atom is -0.497 e. The maximum Gasteiger partial charge on any atom is 0.157 e. The second kappa shape index (κ2) is 5.56. The van der Waals surface area contributed by atoms with Gasteiger partial charge in [-0.25, -0.2) is 0 Å². The monoisotopic (exact) mass is 224 g/mol. The molecule has 0 fully saturated rings. The Morgan fingerprint density at radius 1 is 1.40 bits per heavy atom. The van der Waals surface area contributed by atoms with Gasteiger partial charge in [0.05, 0.1) is 13.0 Å². The highest BCUT2D eigenvalue weighted by molar-refractivity contribution is 6.23. The highest BCUT2D eigenvalue weighted by Gasteiger charge is 2.01. The summed E-state index contributed by atoms with van der Waals surface area (Å²) in [7, 11) is 1.62. The van der Waals surface area contributed by atoms with Gasteiger partial charge in [0.25, 0.3) is 0 Å². The van der Waals surface area contributed by atoms with Gasteiger partial charge in [0.2, 0.25) is 0 Å². The van der Waals surface area contributed by atoms with Crippen molar-refractivity contribution in [2.24, 2.45) is 0 Å². The first kappa shape index (κ1) is 11.8. The maximum absolute atomic E-state index is 11.1. The summed E-state index contributed by atoms with van der Waals surface area (Å²) in [4.78, 5) is 11.1. The van der Waals surface area contributed by atoms with E-state index in [4.69, 9.17) is 16.3 Å². The smallest absolute Gasteiger partial charge is 0.157 e. The Labute approximate surface area is 94.5 Å². The van der Waals surface area contributed by atoms with Crippen LogP contribution in [-0.4, -0.2) is 18.8 Å². The van der Waals surface area contributed by atoms with Crippen LogP contribution in [0.15, 0.2) is 29.8 Å². The molecule has 1 aromatic rings. The molecule has 0 radical (unpaired) electrons. The summed E-state index contributed by atoms with van der Waals surface area (Å²) in [5.41, 5.74) is 1.56. The molecule has 0 aliphatic rings. The fraction of sp³-hybridized carbons (Fsp3) is 0.250. The van der Waals surface area contributed by atoms with Crippen LogP contribution in [0.3, 0.4) is 0 Å². The third-order valence-corrected chi connectivity index (χ3v) is 2.34. The Morgan fingerprint density at radius 2 is 2.00 bits per heavy atom. The Morgan fingerprint density at radius 3 is 2.40 bits per heavy atom. The van der Waals surface area contributed by atoms with E-state index in [1.807, 2.05) is 24.3 Å². The van der Waals surface area contributed by atoms with Crippen LogP contribution >= 0.6 is 11.6 Å². The van der Waals surface area contributed by atoms with E-state index in [2.05, 4.69) is 0 Å². The van der Waals surface area contributed by atoms with Gasteiger partial charge in [0, 0.05) is 5.57 Å². The lowest BCUT2D eigenvalue weighted by Crippen LogP contribution is -1.97. The van der Waals surface area contributed by atoms with Gasteiger partial charge >= 0.3 is 0 Å². The van der Waals surface area contributed by atoms with Crippen molar-refractivity contribution < 1.29 is 9.53 Å². The number of hydrogen-bond acceptors (Lipinski definition) is 2. The Balaban J connectivity index is 2.92. The molecule has 15 heavy (non-hydrogen) atoms. The van der Waals surface area contributed by atoms with Crippen LogP contribution in [0.4, 0.5) is 0 Å². The van der Waals surface area contributed by atoms with Gasteiger partial charge < -0.3 is 4.74 Å². The first-order chi connectivity index (χ1) is 7.17. The van der Waals surface area contributed by atoms with Crippen molar-refractivity contribution in [1.29, 1.82) is 0 Å². The number of halogens is 1. The van der Waals surface area contributed by atoms with Crippen LogP contribution in [0.2, 0.25) is 0 Å². The Bertz CT molecular complexity index is 366. The summed E-state index contributed by atoms with van der Waals surface area (Å²) in [6.07, 6.45) is 1.79. The van der Waals surface area contributed by atoms with Gasteiger partial charge in [-0.2, -0.15) is 0 Å². The summed E-state index contributed by atoms with van der Waals surface area (Å²) in [6, 6.07) is 7.46. The molecule has 0 aliphatic carbocycles. The van der Waals surface area contributed by atoms with Gasteiger partial charge in [0.1, 0.15) is 5.75 Å². The van der Waals surface area contributed by atoms with E-state index in [9.17, 15) is 4.79 Å². The number of allylic oxidation sites excluding steroid dienone is 1. The topological polar surface area (TPSA) is 26.3 Å². The fourth-order valence-electron chi connectivity index (χ4n) is 1.14. The molecule has 1 aromatic carbocycles. The van der Waals surface area contributed by atoms with Crippen molar-refractivity contribution in [3.05, 3.63) is 35.4 Å². The zero-order valence-corrected chi connectivity index (χ0v) is 9.54. The lowest BCUT2D eigenvalue weighted by molar-refractivity contribution is -0.113. The van der Waals surface area contributed by atoms with E-state index in [0.717, 1.165) is 11.3 Å². The molecule has 0 aromatic heterocycles. The summed E-state index contributed by atoms with van der Waals surface area (Å²) >= 11 is 5.66. The van der Waals surface area contributed by atoms with E-state index in [1.165, 1.54) is 6.92 Å². The molecule has 0 bridgehead atoms. The third kappa shape index (κ3) is 3.40. The molecule has 0 saturated carbocycles. The fourth-order valence-corrected chi connectivity index (χ4v) is 1.40. The number of ketones is 1. The molecule has 1 rings (SSSR count). The number of Topliss-reactive ketones (excluding diaryl/α,β-unsaturated/α-hetero) is 1. The molecule has 0 saturated heterocycles. The van der Waals surface area contributed by atoms with Gasteiger partial charge in [-0.15, -0.1) is 11.6 Å². The van der Waals surface area contributed by atoms with E-state index >= 15 is 0 Å². The quantitative estimate of drug-likeness (QED) is 0.581. The lowest BCUT2D eigenvalue weighted by atomic mass is 10.1. The molecular weight excluding hydrogens is 212 g/mol. The molecule has 0 spiro atoms. The predicted octanol–water partition coefficient (Wildman–Crippen LogP) is 2.91. The highest BCUT2D eigenvalue weighted by atomic mass is 35.5. The average Bonchev–Trinajstić information content (AvgIpc) is 2.26. The molecular formula is C12H13ClO2. The van der Waals surface area contributed by atoms with Crippen LogP contribution in [0, 0.1) is 0 Å². The molecule has 0 unspecified atom stereocenters. The number of ether oxygens (including phenoxy) is 1. The number of carbonyl (C=O) groups is 1. The Hall–Kier alpha value is -1.28. The van der Waals surface area contributed by atoms with Crippen molar-refractivity contribution in [1.82, 2.24) is 0 Å². The largest absolute Gasteiger partial charge is 0.497 e. The maximum atomic E-state index is 11.1. The first-order valence-corrected chi connectivity index (χ1v) is 5.12. The molecule has 0 aliphatic heterocycles. The molecule has 0 amide bonds. The minimum absolute atomic E-state index is 0.000757. The standard InChI is InChI=1S/C12H13ClO2/c1-9(14)11(8-13)7-10-3-5-12(15-2)6-4-10/h3-7H,8H2,1-2H3/b11-7+. The lowest BCUT2D eigenvalue weighted by Gasteiger charge is -2.01. The second-order valence-corrected chi connectivity index (χ2v) is 3.40. The number of hydrogen-bond donors (Lipinski definition) is 0. The summed E-state index contributed by atoms with van der Waals surface area (Å²) in [5.74, 6) is 1.03. The summed E-state index contributed by atoms with van der Waals surface area (Å²) in [5, 5.41) is 0. The van der Waals surface area contributed by atoms with Crippen molar-refractivity contribution in [3.8, 4) is 5.75 Å². The van der Waals surface area contributed by atoms with Crippen molar-refractivity contribution in [3.63, 3.8) is 0 Å². The average molecular weight is 225 g/mol. The minimum atomic E-state index is 0.000757. The number of benzene rings is 1. The van der Waals surface area contributed by atoms with Crippen LogP contribution in [0.1, 0.15) is 12.5 Å². The van der Waals surface area contributed by atoms with Crippen LogP contribution < -0.4 is 4.74 Å². The third-order valence-electron chi connectivity index (χ3n) is 2.05. The zero-order valence-electron chi connectivity index (χ0n) is 8.79. The normalized spacial score (nSPS) is 11.3. The molecule has 3 heteroatoms.